The molecule has 0 aliphatic carbocycles. The van der Waals surface area contributed by atoms with E-state index in [0.717, 1.165) is 38.5 Å². The van der Waals surface area contributed by atoms with E-state index in [2.05, 4.69) is 0 Å². The molecular formula is C18H26BFO6. The van der Waals surface area contributed by atoms with Crippen molar-refractivity contribution in [2.45, 2.75) is 64.3 Å². The molecule has 2 heterocycles. The van der Waals surface area contributed by atoms with Gasteiger partial charge >= 0.3 is 7.12 Å². The van der Waals surface area contributed by atoms with Gasteiger partial charge in [0.05, 0.1) is 13.2 Å². The summed E-state index contributed by atoms with van der Waals surface area (Å²) in [7, 11) is -1.72. The Morgan fingerprint density at radius 1 is 0.923 bits per heavy atom. The lowest BCUT2D eigenvalue weighted by Gasteiger charge is -2.24. The van der Waals surface area contributed by atoms with Gasteiger partial charge in [-0.3, -0.25) is 0 Å². The van der Waals surface area contributed by atoms with Crippen LogP contribution in [0, 0.1) is 5.82 Å². The first-order chi connectivity index (χ1) is 12.6. The number of hydrogen-bond donors (Lipinski definition) is 2. The van der Waals surface area contributed by atoms with E-state index in [0.29, 0.717) is 18.8 Å². The fraction of sp³-hybridized carbons (Fsp3) is 0.667. The van der Waals surface area contributed by atoms with Crippen LogP contribution in [-0.4, -0.2) is 43.0 Å². The number of rotatable bonds is 7. The summed E-state index contributed by atoms with van der Waals surface area (Å²) in [6.07, 6.45) is 4.96. The topological polar surface area (TPSA) is 77.4 Å². The van der Waals surface area contributed by atoms with Crippen LogP contribution < -0.4 is 5.46 Å². The lowest BCUT2D eigenvalue weighted by molar-refractivity contribution is -0.169. The number of ether oxygens (including phenoxy) is 4. The quantitative estimate of drug-likeness (QED) is 0.712. The molecule has 0 bridgehead atoms. The first-order valence-corrected chi connectivity index (χ1v) is 9.27. The van der Waals surface area contributed by atoms with Gasteiger partial charge in [-0.05, 0) is 55.6 Å². The number of hydrogen-bond acceptors (Lipinski definition) is 6. The Morgan fingerprint density at radius 2 is 1.50 bits per heavy atom. The molecule has 0 radical (unpaired) electrons. The van der Waals surface area contributed by atoms with Crippen molar-refractivity contribution in [3.63, 3.8) is 0 Å². The smallest absolute Gasteiger partial charge is 0.423 e. The van der Waals surface area contributed by atoms with E-state index in [9.17, 15) is 14.4 Å². The van der Waals surface area contributed by atoms with Crippen LogP contribution in [-0.2, 0) is 32.2 Å². The molecular weight excluding hydrogens is 342 g/mol. The molecule has 2 aliphatic rings. The Labute approximate surface area is 153 Å². The molecule has 0 spiro atoms. The van der Waals surface area contributed by atoms with Crippen molar-refractivity contribution < 1.29 is 33.4 Å². The van der Waals surface area contributed by atoms with Gasteiger partial charge in [0.1, 0.15) is 5.82 Å². The molecule has 144 valence electrons. The summed E-state index contributed by atoms with van der Waals surface area (Å²) < 4.78 is 36.6. The van der Waals surface area contributed by atoms with Gasteiger partial charge in [-0.2, -0.15) is 0 Å². The maximum Gasteiger partial charge on any atom is 0.488 e. The predicted molar refractivity (Wildman–Crippen MR) is 93.0 cm³/mol. The first kappa shape index (κ1) is 19.7. The predicted octanol–water partition coefficient (Wildman–Crippen LogP) is 1.59. The highest BCUT2D eigenvalue weighted by Gasteiger charge is 2.22. The molecule has 2 aliphatic heterocycles. The Bertz CT molecular complexity index is 573. The molecule has 2 N–H and O–H groups in total. The minimum Gasteiger partial charge on any atom is -0.423 e. The van der Waals surface area contributed by atoms with Crippen molar-refractivity contribution in [3.8, 4) is 0 Å². The van der Waals surface area contributed by atoms with Crippen LogP contribution in [0.4, 0.5) is 4.39 Å². The van der Waals surface area contributed by atoms with Gasteiger partial charge in [0, 0.05) is 18.8 Å². The second kappa shape index (κ2) is 9.78. The zero-order chi connectivity index (χ0) is 18.4. The second-order valence-corrected chi connectivity index (χ2v) is 6.73. The monoisotopic (exact) mass is 368 g/mol. The highest BCUT2D eigenvalue weighted by Crippen LogP contribution is 2.19. The molecule has 6 nitrogen and oxygen atoms in total. The highest BCUT2D eigenvalue weighted by molar-refractivity contribution is 6.59. The van der Waals surface area contributed by atoms with Gasteiger partial charge in [0.25, 0.3) is 0 Å². The molecule has 2 atom stereocenters. The summed E-state index contributed by atoms with van der Waals surface area (Å²) in [5.41, 5.74) is 0.870. The molecule has 0 saturated carbocycles. The zero-order valence-corrected chi connectivity index (χ0v) is 14.9. The Morgan fingerprint density at radius 3 is 2.00 bits per heavy atom. The minimum atomic E-state index is -1.72. The summed E-state index contributed by atoms with van der Waals surface area (Å²) in [6.45, 7) is 1.37. The van der Waals surface area contributed by atoms with E-state index < -0.39 is 12.9 Å². The summed E-state index contributed by atoms with van der Waals surface area (Å²) in [4.78, 5) is 0. The molecule has 2 fully saturated rings. The Balaban J connectivity index is 1.64. The summed E-state index contributed by atoms with van der Waals surface area (Å²) >= 11 is 0. The normalized spacial score (nSPS) is 23.8. The lowest BCUT2D eigenvalue weighted by Crippen LogP contribution is -2.35. The molecule has 8 heteroatoms. The molecule has 1 aromatic carbocycles. The van der Waals surface area contributed by atoms with E-state index in [-0.39, 0.29) is 36.8 Å². The average Bonchev–Trinajstić information content (AvgIpc) is 2.67. The summed E-state index contributed by atoms with van der Waals surface area (Å²) in [5.74, 6) is -0.464. The second-order valence-electron chi connectivity index (χ2n) is 6.73. The molecule has 2 saturated heterocycles. The highest BCUT2D eigenvalue weighted by atomic mass is 19.1. The molecule has 3 rings (SSSR count). The van der Waals surface area contributed by atoms with Crippen LogP contribution in [0.1, 0.15) is 49.7 Å². The number of benzene rings is 1. The zero-order valence-electron chi connectivity index (χ0n) is 14.9. The first-order valence-electron chi connectivity index (χ1n) is 9.27. The maximum atomic E-state index is 14.4. The van der Waals surface area contributed by atoms with Gasteiger partial charge in [-0.25, -0.2) is 4.39 Å². The minimum absolute atomic E-state index is 0.0170. The molecule has 1 aromatic rings. The fourth-order valence-corrected chi connectivity index (χ4v) is 3.21. The fourth-order valence-electron chi connectivity index (χ4n) is 3.21. The van der Waals surface area contributed by atoms with Crippen LogP contribution in [0.5, 0.6) is 0 Å². The lowest BCUT2D eigenvalue weighted by atomic mass is 9.76. The summed E-state index contributed by atoms with van der Waals surface area (Å²) in [5, 5.41) is 19.3. The van der Waals surface area contributed by atoms with Gasteiger partial charge in [-0.15, -0.1) is 0 Å². The maximum absolute atomic E-state index is 14.4. The number of halogens is 1. The Kier molecular flexibility index (Phi) is 7.42. The van der Waals surface area contributed by atoms with Crippen molar-refractivity contribution in [1.29, 1.82) is 0 Å². The van der Waals surface area contributed by atoms with Crippen LogP contribution >= 0.6 is 0 Å². The standard InChI is InChI=1S/C18H26BFO6/c20-16-10-13(11-25-17-5-1-3-7-23-17)15(19(21)22)9-14(16)12-26-18-6-2-4-8-24-18/h9-10,17-18,21-22H,1-8,11-12H2. The summed E-state index contributed by atoms with van der Waals surface area (Å²) in [6, 6.07) is 2.70. The largest absolute Gasteiger partial charge is 0.488 e. The van der Waals surface area contributed by atoms with Gasteiger partial charge in [-0.1, -0.05) is 6.07 Å². The van der Waals surface area contributed by atoms with E-state index in [1.54, 1.807) is 0 Å². The van der Waals surface area contributed by atoms with Crippen molar-refractivity contribution >= 4 is 12.6 Å². The molecule has 2 unspecified atom stereocenters. The van der Waals surface area contributed by atoms with Crippen LogP contribution in [0.15, 0.2) is 12.1 Å². The van der Waals surface area contributed by atoms with Crippen LogP contribution in [0.25, 0.3) is 0 Å². The SMILES string of the molecule is OB(O)c1cc(COC2CCCCO2)c(F)cc1COC1CCCCO1. The van der Waals surface area contributed by atoms with Crippen LogP contribution in [0.2, 0.25) is 0 Å². The van der Waals surface area contributed by atoms with E-state index in [1.165, 1.54) is 12.1 Å². The van der Waals surface area contributed by atoms with Gasteiger partial charge < -0.3 is 29.0 Å². The van der Waals surface area contributed by atoms with Crippen molar-refractivity contribution in [2.75, 3.05) is 13.2 Å². The van der Waals surface area contributed by atoms with Gasteiger partial charge in [0.2, 0.25) is 0 Å². The van der Waals surface area contributed by atoms with E-state index in [1.807, 2.05) is 0 Å². The van der Waals surface area contributed by atoms with Crippen molar-refractivity contribution in [2.24, 2.45) is 0 Å². The molecule has 26 heavy (non-hydrogen) atoms. The van der Waals surface area contributed by atoms with E-state index >= 15 is 0 Å². The van der Waals surface area contributed by atoms with Crippen LogP contribution in [0.3, 0.4) is 0 Å². The Hall–Kier alpha value is -1.03. The average molecular weight is 368 g/mol. The third-order valence-electron chi connectivity index (χ3n) is 4.71. The van der Waals surface area contributed by atoms with Crippen molar-refractivity contribution in [1.82, 2.24) is 0 Å². The third-order valence-corrected chi connectivity index (χ3v) is 4.71. The van der Waals surface area contributed by atoms with E-state index in [4.69, 9.17) is 18.9 Å². The third kappa shape index (κ3) is 5.48. The van der Waals surface area contributed by atoms with Gasteiger partial charge in [0.15, 0.2) is 12.6 Å². The molecule has 0 aromatic heterocycles. The molecule has 0 amide bonds. The van der Waals surface area contributed by atoms with Crippen molar-refractivity contribution in [3.05, 3.63) is 29.1 Å².